The molecule has 14 nitrogen and oxygen atoms in total. The van der Waals surface area contributed by atoms with E-state index >= 15 is 0 Å². The highest BCUT2D eigenvalue weighted by Gasteiger charge is 2.35. The van der Waals surface area contributed by atoms with Gasteiger partial charge in [-0.25, -0.2) is 9.59 Å². The van der Waals surface area contributed by atoms with Crippen molar-refractivity contribution in [2.24, 2.45) is 0 Å². The number of carbonyl (C=O) groups is 6. The van der Waals surface area contributed by atoms with Crippen LogP contribution in [-0.4, -0.2) is 90.6 Å². The maximum absolute atomic E-state index is 14.6. The van der Waals surface area contributed by atoms with Gasteiger partial charge >= 0.3 is 12.2 Å². The summed E-state index contributed by atoms with van der Waals surface area (Å²) < 4.78 is 16.7. The number of nitrogens with zero attached hydrogens (tertiary/aromatic N) is 1. The number of unbranched alkanes of at least 4 members (excludes halogenated alkanes) is 1. The van der Waals surface area contributed by atoms with Gasteiger partial charge in [0.1, 0.15) is 35.6 Å². The molecule has 2 rings (SSSR count). The third-order valence-electron chi connectivity index (χ3n) is 8.84. The van der Waals surface area contributed by atoms with Crippen LogP contribution in [0.25, 0.3) is 6.08 Å². The number of Topliss-reactive ketones (excluding diaryl/α,β-unsaturated/α-hetero) is 1. The molecule has 0 fully saturated rings. The zero-order chi connectivity index (χ0) is 44.5. The topological polar surface area (TPSA) is 181 Å². The summed E-state index contributed by atoms with van der Waals surface area (Å²) in [6, 6.07) is 7.11. The third-order valence-corrected chi connectivity index (χ3v) is 8.84. The molecule has 0 aliphatic carbocycles. The maximum Gasteiger partial charge on any atom is 0.407 e. The van der Waals surface area contributed by atoms with Crippen molar-refractivity contribution in [3.05, 3.63) is 70.3 Å². The normalized spacial score (nSPS) is 13.1. The Balaban J connectivity index is 2.57. The average Bonchev–Trinajstić information content (AvgIpc) is 3.12. The number of likely N-dealkylation sites (N-methyl/N-ethyl adjacent to an activating group) is 1. The Bertz CT molecular complexity index is 1790. The lowest BCUT2D eigenvalue weighted by Crippen LogP contribution is -2.53. The van der Waals surface area contributed by atoms with E-state index in [9.17, 15) is 28.8 Å². The standard InChI is InChI=1S/C45H67N5O9/c1-13-15-17-32-28-33(20-22-37(32)57-26-25-47-43(56)59-45(9,10)11)38(40(53)48-31(5)36(51)18-16-14-2)50(12)41(54)35(23-24-46-42(55)58-44(6,7)8)49-39(52)34-21-19-29(3)27-30(34)4/h15,17,19-22,27-28,31,35,38H,13-14,16,18,23-26H2,1-12H3,(H,46,55)(H,47,56)(H,48,53)(H,49,52)/b17-15+/t31-,35-,38-/m0/s1. The van der Waals surface area contributed by atoms with E-state index in [-0.39, 0.29) is 38.3 Å². The van der Waals surface area contributed by atoms with Crippen LogP contribution in [-0.2, 0) is 23.9 Å². The van der Waals surface area contributed by atoms with E-state index < -0.39 is 59.2 Å². The van der Waals surface area contributed by atoms with Gasteiger partial charge in [-0.3, -0.25) is 19.2 Å². The minimum absolute atomic E-state index is 0.0338. The van der Waals surface area contributed by atoms with E-state index in [0.29, 0.717) is 40.8 Å². The molecule has 0 aromatic heterocycles. The summed E-state index contributed by atoms with van der Waals surface area (Å²) in [4.78, 5) is 81.5. The summed E-state index contributed by atoms with van der Waals surface area (Å²) in [5.74, 6) is -1.40. The molecule has 0 heterocycles. The summed E-state index contributed by atoms with van der Waals surface area (Å²) in [6.07, 6.45) is 4.92. The molecular weight excluding hydrogens is 755 g/mol. The molecule has 2 aromatic carbocycles. The largest absolute Gasteiger partial charge is 0.491 e. The zero-order valence-electron chi connectivity index (χ0n) is 37.1. The number of alkyl carbamates (subject to hydrolysis) is 2. The number of hydrogen-bond donors (Lipinski definition) is 4. The molecule has 0 saturated carbocycles. The summed E-state index contributed by atoms with van der Waals surface area (Å²) >= 11 is 0. The van der Waals surface area contributed by atoms with Gasteiger partial charge in [-0.2, -0.15) is 0 Å². The number of allylic oxidation sites excluding steroid dienone is 1. The van der Waals surface area contributed by atoms with Crippen LogP contribution in [0.15, 0.2) is 42.5 Å². The smallest absolute Gasteiger partial charge is 0.407 e. The molecule has 326 valence electrons. The molecular formula is C45H67N5O9. The van der Waals surface area contributed by atoms with Crippen molar-refractivity contribution in [1.82, 2.24) is 26.2 Å². The lowest BCUT2D eigenvalue weighted by Gasteiger charge is -2.32. The lowest BCUT2D eigenvalue weighted by molar-refractivity contribution is -0.141. The molecule has 0 bridgehead atoms. The SMILES string of the molecule is CC/C=C/c1cc([C@@H](C(=O)N[C@@H](C)C(=O)CCCC)N(C)C(=O)[C@H](CCNC(=O)OC(C)(C)C)NC(=O)c2ccc(C)cc2C)ccc1OCCNC(=O)OC(C)(C)C. The third kappa shape index (κ3) is 17.6. The highest BCUT2D eigenvalue weighted by molar-refractivity contribution is 6.00. The first-order valence-corrected chi connectivity index (χ1v) is 20.4. The molecule has 14 heteroatoms. The number of carbonyl (C=O) groups excluding carboxylic acids is 6. The van der Waals surface area contributed by atoms with Crippen molar-refractivity contribution in [3.63, 3.8) is 0 Å². The van der Waals surface area contributed by atoms with Crippen LogP contribution < -0.4 is 26.0 Å². The lowest BCUT2D eigenvalue weighted by atomic mass is 9.98. The number of rotatable bonds is 20. The zero-order valence-corrected chi connectivity index (χ0v) is 37.1. The predicted molar refractivity (Wildman–Crippen MR) is 229 cm³/mol. The number of ether oxygens (including phenoxy) is 3. The monoisotopic (exact) mass is 821 g/mol. The van der Waals surface area contributed by atoms with Crippen LogP contribution in [0.1, 0.15) is 133 Å². The second-order valence-corrected chi connectivity index (χ2v) is 16.6. The quantitative estimate of drug-likeness (QED) is 0.101. The van der Waals surface area contributed by atoms with Gasteiger partial charge in [0.05, 0.1) is 12.6 Å². The fourth-order valence-corrected chi connectivity index (χ4v) is 5.93. The number of nitrogens with one attached hydrogen (secondary N) is 4. The highest BCUT2D eigenvalue weighted by atomic mass is 16.6. The summed E-state index contributed by atoms with van der Waals surface area (Å²) in [6.45, 7) is 20.0. The second kappa shape index (κ2) is 23.3. The van der Waals surface area contributed by atoms with Gasteiger partial charge in [0.15, 0.2) is 5.78 Å². The van der Waals surface area contributed by atoms with Gasteiger partial charge in [-0.05, 0) is 111 Å². The number of aryl methyl sites for hydroxylation is 2. The van der Waals surface area contributed by atoms with Crippen molar-refractivity contribution in [3.8, 4) is 5.75 Å². The molecule has 59 heavy (non-hydrogen) atoms. The molecule has 4 N–H and O–H groups in total. The molecule has 5 amide bonds. The summed E-state index contributed by atoms with van der Waals surface area (Å²) in [5.41, 5.74) is 1.65. The van der Waals surface area contributed by atoms with Crippen molar-refractivity contribution in [2.75, 3.05) is 26.7 Å². The van der Waals surface area contributed by atoms with E-state index in [4.69, 9.17) is 14.2 Å². The van der Waals surface area contributed by atoms with Crippen LogP contribution in [0.4, 0.5) is 9.59 Å². The Morgan fingerprint density at radius 2 is 1.46 bits per heavy atom. The van der Waals surface area contributed by atoms with Crippen LogP contribution >= 0.6 is 0 Å². The Labute approximate surface area is 350 Å². The van der Waals surface area contributed by atoms with Crippen molar-refractivity contribution in [1.29, 1.82) is 0 Å². The first-order chi connectivity index (χ1) is 27.6. The first-order valence-electron chi connectivity index (χ1n) is 20.4. The number of hydrogen-bond acceptors (Lipinski definition) is 9. The Kier molecular flexibility index (Phi) is 19.6. The van der Waals surface area contributed by atoms with E-state index in [2.05, 4.69) is 21.3 Å². The molecule has 0 radical (unpaired) electrons. The Hall–Kier alpha value is -5.40. The highest BCUT2D eigenvalue weighted by Crippen LogP contribution is 2.29. The Morgan fingerprint density at radius 1 is 0.831 bits per heavy atom. The second-order valence-electron chi connectivity index (χ2n) is 16.6. The average molecular weight is 822 g/mol. The van der Waals surface area contributed by atoms with Crippen molar-refractivity contribution >= 4 is 41.8 Å². The van der Waals surface area contributed by atoms with Crippen LogP contribution in [0.5, 0.6) is 5.75 Å². The van der Waals surface area contributed by atoms with Crippen LogP contribution in [0.2, 0.25) is 0 Å². The fourth-order valence-electron chi connectivity index (χ4n) is 5.93. The van der Waals surface area contributed by atoms with Gasteiger partial charge < -0.3 is 40.4 Å². The molecule has 0 saturated heterocycles. The van der Waals surface area contributed by atoms with Gasteiger partial charge in [-0.15, -0.1) is 0 Å². The van der Waals surface area contributed by atoms with Gasteiger partial charge in [0.2, 0.25) is 11.8 Å². The Morgan fingerprint density at radius 3 is 2.03 bits per heavy atom. The fraction of sp³-hybridized carbons (Fsp3) is 0.556. The van der Waals surface area contributed by atoms with E-state index in [0.717, 1.165) is 12.0 Å². The molecule has 2 aromatic rings. The van der Waals surface area contributed by atoms with Gasteiger partial charge in [-0.1, -0.05) is 56.2 Å². The number of benzene rings is 2. The van der Waals surface area contributed by atoms with Crippen molar-refractivity contribution in [2.45, 2.75) is 138 Å². The molecule has 3 atom stereocenters. The molecule has 0 aliphatic rings. The first kappa shape index (κ1) is 49.7. The minimum atomic E-state index is -1.26. The van der Waals surface area contributed by atoms with Crippen molar-refractivity contribution < 1.29 is 43.0 Å². The molecule has 0 unspecified atom stereocenters. The summed E-state index contributed by atoms with van der Waals surface area (Å²) in [7, 11) is 1.46. The van der Waals surface area contributed by atoms with Crippen LogP contribution in [0.3, 0.4) is 0 Å². The van der Waals surface area contributed by atoms with E-state index in [1.807, 2.05) is 39.0 Å². The van der Waals surface area contributed by atoms with Gasteiger partial charge in [0, 0.05) is 31.1 Å². The van der Waals surface area contributed by atoms with E-state index in [1.54, 1.807) is 85.7 Å². The van der Waals surface area contributed by atoms with Crippen LogP contribution in [0, 0.1) is 13.8 Å². The predicted octanol–water partition coefficient (Wildman–Crippen LogP) is 7.11. The number of ketones is 1. The summed E-state index contributed by atoms with van der Waals surface area (Å²) in [5, 5.41) is 11.0. The minimum Gasteiger partial charge on any atom is -0.491 e. The number of amides is 5. The van der Waals surface area contributed by atoms with Gasteiger partial charge in [0.25, 0.3) is 5.91 Å². The maximum atomic E-state index is 14.6. The molecule has 0 aliphatic heterocycles. The van der Waals surface area contributed by atoms with E-state index in [1.165, 1.54) is 11.9 Å². The molecule has 0 spiro atoms.